The molecule has 1 aromatic carbocycles. The van der Waals surface area contributed by atoms with Crippen molar-refractivity contribution in [2.45, 2.75) is 6.92 Å². The molecule has 0 bridgehead atoms. The van der Waals surface area contributed by atoms with Crippen molar-refractivity contribution in [1.29, 1.82) is 0 Å². The number of rotatable bonds is 2. The fourth-order valence-electron chi connectivity index (χ4n) is 2.26. The lowest BCUT2D eigenvalue weighted by molar-refractivity contribution is -0.142. The molecule has 0 radical (unpaired) electrons. The van der Waals surface area contributed by atoms with Gasteiger partial charge in [-0.15, -0.1) is 0 Å². The van der Waals surface area contributed by atoms with Gasteiger partial charge in [0.15, 0.2) is 0 Å². The van der Waals surface area contributed by atoms with Crippen LogP contribution in [0.25, 0.3) is 0 Å². The van der Waals surface area contributed by atoms with E-state index in [1.54, 1.807) is 13.0 Å². The Balaban J connectivity index is 2.08. The zero-order valence-electron chi connectivity index (χ0n) is 10.8. The highest BCUT2D eigenvalue weighted by atomic mass is 79.9. The summed E-state index contributed by atoms with van der Waals surface area (Å²) in [5.41, 5.74) is 0.0592. The van der Waals surface area contributed by atoms with Crippen LogP contribution >= 0.6 is 15.9 Å². The molecule has 0 saturated carbocycles. The summed E-state index contributed by atoms with van der Waals surface area (Å²) in [6, 6.07) is 3.89. The molecule has 5 nitrogen and oxygen atoms in total. The van der Waals surface area contributed by atoms with E-state index >= 15 is 0 Å². The highest BCUT2D eigenvalue weighted by Gasteiger charge is 2.37. The van der Waals surface area contributed by atoms with Gasteiger partial charge in [0.25, 0.3) is 0 Å². The van der Waals surface area contributed by atoms with Crippen LogP contribution in [0.15, 0.2) is 22.7 Å². The molecule has 2 amide bonds. The maximum absolute atomic E-state index is 13.6. The van der Waals surface area contributed by atoms with Gasteiger partial charge in [-0.05, 0) is 34.0 Å². The third-order valence-corrected chi connectivity index (χ3v) is 4.07. The van der Waals surface area contributed by atoms with Gasteiger partial charge in [0.1, 0.15) is 5.82 Å². The molecule has 7 heteroatoms. The zero-order valence-corrected chi connectivity index (χ0v) is 12.4. The molecular weight excluding hydrogens is 331 g/mol. The fraction of sp³-hybridized carbons (Fsp3) is 0.385. The molecule has 1 fully saturated rings. The normalized spacial score (nSPS) is 21.9. The second kappa shape index (κ2) is 5.78. The summed E-state index contributed by atoms with van der Waals surface area (Å²) in [4.78, 5) is 24.5. The van der Waals surface area contributed by atoms with E-state index in [0.717, 1.165) is 0 Å². The van der Waals surface area contributed by atoms with Crippen LogP contribution in [0.2, 0.25) is 0 Å². The van der Waals surface area contributed by atoms with Crippen LogP contribution < -0.4 is 5.32 Å². The first-order valence-electron chi connectivity index (χ1n) is 6.13. The number of nitrogens with zero attached hydrogens (tertiary/aromatic N) is 1. The van der Waals surface area contributed by atoms with Gasteiger partial charge in [-0.2, -0.15) is 0 Å². The molecule has 0 spiro atoms. The van der Waals surface area contributed by atoms with Crippen LogP contribution in [-0.2, 0) is 4.79 Å². The van der Waals surface area contributed by atoms with Gasteiger partial charge in [0, 0.05) is 17.6 Å². The van der Waals surface area contributed by atoms with Crippen molar-refractivity contribution >= 4 is 33.6 Å². The first-order chi connectivity index (χ1) is 9.40. The van der Waals surface area contributed by atoms with Crippen molar-refractivity contribution in [2.75, 3.05) is 18.4 Å². The number of aliphatic carboxylic acids is 1. The summed E-state index contributed by atoms with van der Waals surface area (Å²) < 4.78 is 14.1. The number of nitrogens with one attached hydrogen (secondary N) is 1. The Morgan fingerprint density at radius 1 is 1.45 bits per heavy atom. The predicted octanol–water partition coefficient (Wildman–Crippen LogP) is 2.77. The van der Waals surface area contributed by atoms with E-state index < -0.39 is 23.7 Å². The number of amides is 2. The third kappa shape index (κ3) is 2.92. The summed E-state index contributed by atoms with van der Waals surface area (Å²) in [5.74, 6) is -2.17. The van der Waals surface area contributed by atoms with Gasteiger partial charge >= 0.3 is 12.0 Å². The summed E-state index contributed by atoms with van der Waals surface area (Å²) in [5, 5.41) is 11.5. The molecule has 0 aromatic heterocycles. The smallest absolute Gasteiger partial charge is 0.321 e. The molecule has 0 aliphatic carbocycles. The average molecular weight is 345 g/mol. The molecule has 1 aliphatic heterocycles. The summed E-state index contributed by atoms with van der Waals surface area (Å²) >= 11 is 3.16. The highest BCUT2D eigenvalue weighted by Crippen LogP contribution is 2.27. The van der Waals surface area contributed by atoms with E-state index in [1.165, 1.54) is 17.0 Å². The first-order valence-corrected chi connectivity index (χ1v) is 6.92. The lowest BCUT2D eigenvalue weighted by atomic mass is 9.99. The highest BCUT2D eigenvalue weighted by molar-refractivity contribution is 9.10. The quantitative estimate of drug-likeness (QED) is 0.866. The Kier molecular flexibility index (Phi) is 4.27. The summed E-state index contributed by atoms with van der Waals surface area (Å²) in [7, 11) is 0. The van der Waals surface area contributed by atoms with Gasteiger partial charge in [-0.1, -0.05) is 13.0 Å². The van der Waals surface area contributed by atoms with Crippen molar-refractivity contribution in [3.63, 3.8) is 0 Å². The second-order valence-electron chi connectivity index (χ2n) is 4.85. The number of para-hydroxylation sites is 1. The minimum Gasteiger partial charge on any atom is -0.481 e. The van der Waals surface area contributed by atoms with Crippen molar-refractivity contribution in [3.8, 4) is 0 Å². The first kappa shape index (κ1) is 14.8. The molecule has 2 atom stereocenters. The molecule has 2 rings (SSSR count). The Bertz CT molecular complexity index is 532. The number of carbonyl (C=O) groups excluding carboxylic acids is 1. The van der Waals surface area contributed by atoms with E-state index in [1.807, 2.05) is 0 Å². The van der Waals surface area contributed by atoms with E-state index in [-0.39, 0.29) is 18.2 Å². The van der Waals surface area contributed by atoms with Crippen molar-refractivity contribution in [3.05, 3.63) is 28.5 Å². The fourth-order valence-corrected chi connectivity index (χ4v) is 2.70. The number of carbonyl (C=O) groups is 2. The SMILES string of the molecule is C[C@@H]1CN(C(=O)Nc2c(F)cccc2Br)C[C@H]1C(=O)O. The Morgan fingerprint density at radius 3 is 2.70 bits per heavy atom. The number of hydrogen-bond donors (Lipinski definition) is 2. The molecule has 1 heterocycles. The molecule has 0 unspecified atom stereocenters. The third-order valence-electron chi connectivity index (χ3n) is 3.41. The average Bonchev–Trinajstić information content (AvgIpc) is 2.76. The number of anilines is 1. The molecule has 1 aromatic rings. The van der Waals surface area contributed by atoms with Crippen LogP contribution in [0.1, 0.15) is 6.92 Å². The largest absolute Gasteiger partial charge is 0.481 e. The topological polar surface area (TPSA) is 69.6 Å². The van der Waals surface area contributed by atoms with Gasteiger partial charge in [0.05, 0.1) is 11.6 Å². The van der Waals surface area contributed by atoms with E-state index in [4.69, 9.17) is 5.11 Å². The minimum absolute atomic E-state index is 0.0592. The maximum Gasteiger partial charge on any atom is 0.321 e. The lowest BCUT2D eigenvalue weighted by Crippen LogP contribution is -2.34. The van der Waals surface area contributed by atoms with Crippen LogP contribution in [0.5, 0.6) is 0 Å². The Hall–Kier alpha value is -1.63. The Labute approximate surface area is 123 Å². The maximum atomic E-state index is 13.6. The molecule has 1 aliphatic rings. The summed E-state index contributed by atoms with van der Waals surface area (Å²) in [6.45, 7) is 2.26. The number of halogens is 2. The zero-order chi connectivity index (χ0) is 14.9. The van der Waals surface area contributed by atoms with Crippen molar-refractivity contribution in [1.82, 2.24) is 4.90 Å². The summed E-state index contributed by atoms with van der Waals surface area (Å²) in [6.07, 6.45) is 0. The number of likely N-dealkylation sites (tertiary alicyclic amines) is 1. The van der Waals surface area contributed by atoms with E-state index in [2.05, 4.69) is 21.2 Å². The molecule has 20 heavy (non-hydrogen) atoms. The van der Waals surface area contributed by atoms with Gasteiger partial charge in [-0.25, -0.2) is 9.18 Å². The number of urea groups is 1. The van der Waals surface area contributed by atoms with Crippen LogP contribution in [0, 0.1) is 17.7 Å². The van der Waals surface area contributed by atoms with Gasteiger partial charge in [-0.3, -0.25) is 4.79 Å². The monoisotopic (exact) mass is 344 g/mol. The lowest BCUT2D eigenvalue weighted by Gasteiger charge is -2.17. The van der Waals surface area contributed by atoms with Crippen LogP contribution in [0.3, 0.4) is 0 Å². The number of carboxylic acid groups (broad SMARTS) is 1. The number of hydrogen-bond acceptors (Lipinski definition) is 2. The number of benzene rings is 1. The van der Waals surface area contributed by atoms with Crippen molar-refractivity contribution in [2.24, 2.45) is 11.8 Å². The Morgan fingerprint density at radius 2 is 2.15 bits per heavy atom. The van der Waals surface area contributed by atoms with E-state index in [9.17, 15) is 14.0 Å². The van der Waals surface area contributed by atoms with E-state index in [0.29, 0.717) is 11.0 Å². The predicted molar refractivity (Wildman–Crippen MR) is 75.0 cm³/mol. The van der Waals surface area contributed by atoms with Gasteiger partial charge < -0.3 is 15.3 Å². The molecule has 108 valence electrons. The standard InChI is InChI=1S/C13H14BrFN2O3/c1-7-5-17(6-8(7)12(18)19)13(20)16-11-9(14)3-2-4-10(11)15/h2-4,7-8H,5-6H2,1H3,(H,16,20)(H,18,19)/t7-,8-/m1/s1. The molecule has 1 saturated heterocycles. The van der Waals surface area contributed by atoms with Gasteiger partial charge in [0.2, 0.25) is 0 Å². The van der Waals surface area contributed by atoms with Crippen molar-refractivity contribution < 1.29 is 19.1 Å². The van der Waals surface area contributed by atoms with Crippen LogP contribution in [0.4, 0.5) is 14.9 Å². The molecular formula is C13H14BrFN2O3. The van der Waals surface area contributed by atoms with Crippen LogP contribution in [-0.4, -0.2) is 35.1 Å². The second-order valence-corrected chi connectivity index (χ2v) is 5.71. The number of carboxylic acids is 1. The molecule has 2 N–H and O–H groups in total. The minimum atomic E-state index is -0.917.